The minimum Gasteiger partial charge on any atom is -0.388 e. The summed E-state index contributed by atoms with van der Waals surface area (Å²) in [4.78, 5) is 0. The van der Waals surface area contributed by atoms with Crippen LogP contribution in [0.1, 0.15) is 18.6 Å². The third-order valence-corrected chi connectivity index (χ3v) is 5.34. The van der Waals surface area contributed by atoms with Gasteiger partial charge in [0.25, 0.3) is 0 Å². The molecule has 1 N–H and O–H groups in total. The Bertz CT molecular complexity index is 1020. The number of alkyl halides is 13. The topological polar surface area (TPSA) is 20.2 Å². The van der Waals surface area contributed by atoms with Crippen LogP contribution >= 0.6 is 0 Å². The number of halogens is 13. The van der Waals surface area contributed by atoms with E-state index in [-0.39, 0.29) is 12.5 Å². The van der Waals surface area contributed by atoms with Gasteiger partial charge < -0.3 is 5.11 Å². The molecule has 2 aromatic carbocycles. The van der Waals surface area contributed by atoms with E-state index in [4.69, 9.17) is 0 Å². The highest BCUT2D eigenvalue weighted by Gasteiger charge is 2.91. The summed E-state index contributed by atoms with van der Waals surface area (Å²) in [5, 5.41) is 10.1. The van der Waals surface area contributed by atoms with E-state index in [1.54, 1.807) is 18.2 Å². The fourth-order valence-corrected chi connectivity index (χ4v) is 3.09. The lowest BCUT2D eigenvalue weighted by Gasteiger charge is -2.42. The Kier molecular flexibility index (Phi) is 7.27. The van der Waals surface area contributed by atoms with Crippen LogP contribution in [-0.4, -0.2) is 40.9 Å². The summed E-state index contributed by atoms with van der Waals surface area (Å²) in [5.74, 6) is -40.9. The van der Waals surface area contributed by atoms with Crippen molar-refractivity contribution in [2.75, 3.05) is 0 Å². The highest BCUT2D eigenvalue weighted by Crippen LogP contribution is 2.62. The van der Waals surface area contributed by atoms with Crippen molar-refractivity contribution in [3.63, 3.8) is 0 Å². The number of aliphatic hydroxyl groups is 1. The molecule has 0 aliphatic heterocycles. The summed E-state index contributed by atoms with van der Waals surface area (Å²) < 4.78 is 174. The first-order valence-corrected chi connectivity index (χ1v) is 9.44. The summed E-state index contributed by atoms with van der Waals surface area (Å²) in [7, 11) is 0. The minimum absolute atomic E-state index is 0.0177. The van der Waals surface area contributed by atoms with Gasteiger partial charge in [0, 0.05) is 0 Å². The summed E-state index contributed by atoms with van der Waals surface area (Å²) in [6.07, 6.45) is -10.2. The molecule has 1 nitrogen and oxygen atoms in total. The number of hydrogen-bond donors (Lipinski definition) is 1. The van der Waals surface area contributed by atoms with Crippen molar-refractivity contribution in [2.24, 2.45) is 5.92 Å². The molecule has 2 aromatic rings. The van der Waals surface area contributed by atoms with Crippen LogP contribution in [0.4, 0.5) is 57.1 Å². The molecular formula is C21H15F13O. The maximum atomic E-state index is 14.4. The maximum Gasteiger partial charge on any atom is 0.460 e. The zero-order valence-corrected chi connectivity index (χ0v) is 17.2. The second kappa shape index (κ2) is 8.86. The van der Waals surface area contributed by atoms with Gasteiger partial charge in [-0.05, 0) is 22.8 Å². The van der Waals surface area contributed by atoms with E-state index in [9.17, 15) is 62.2 Å². The standard InChI is InChI=1S/C21H15F13O/c1-11(15(35)14-9-5-8-13(10-14)12-6-3-2-4-7-12)16(22,23)17(24,25)18(26,27)19(28,29)20(30,31)21(32,33)34/h2-11,15,35H,1H3. The van der Waals surface area contributed by atoms with Crippen molar-refractivity contribution in [2.45, 2.75) is 48.8 Å². The van der Waals surface area contributed by atoms with Crippen LogP contribution in [0.25, 0.3) is 11.1 Å². The van der Waals surface area contributed by atoms with E-state index >= 15 is 0 Å². The third kappa shape index (κ3) is 4.45. The van der Waals surface area contributed by atoms with Crippen LogP contribution in [-0.2, 0) is 0 Å². The van der Waals surface area contributed by atoms with E-state index in [2.05, 4.69) is 0 Å². The van der Waals surface area contributed by atoms with Crippen LogP contribution in [0, 0.1) is 5.92 Å². The Balaban J connectivity index is 2.48. The fourth-order valence-electron chi connectivity index (χ4n) is 3.09. The van der Waals surface area contributed by atoms with Crippen molar-refractivity contribution in [3.8, 4) is 11.1 Å². The van der Waals surface area contributed by atoms with Crippen LogP contribution in [0.15, 0.2) is 54.6 Å². The highest BCUT2D eigenvalue weighted by molar-refractivity contribution is 5.64. The monoisotopic (exact) mass is 530 g/mol. The molecule has 0 aliphatic rings. The molecule has 2 rings (SSSR count). The first-order chi connectivity index (χ1) is 15.6. The fraction of sp³-hybridized carbons (Fsp3) is 0.429. The Morgan fingerprint density at radius 3 is 1.51 bits per heavy atom. The second-order valence-corrected chi connectivity index (χ2v) is 7.64. The molecule has 0 bridgehead atoms. The molecule has 0 aromatic heterocycles. The molecule has 0 radical (unpaired) electrons. The van der Waals surface area contributed by atoms with Crippen molar-refractivity contribution < 1.29 is 62.2 Å². The lowest BCUT2D eigenvalue weighted by atomic mass is 9.83. The lowest BCUT2D eigenvalue weighted by Crippen LogP contribution is -2.71. The van der Waals surface area contributed by atoms with E-state index in [1.165, 1.54) is 18.2 Å². The zero-order chi connectivity index (χ0) is 27.3. The molecule has 2 unspecified atom stereocenters. The number of rotatable bonds is 8. The first-order valence-electron chi connectivity index (χ1n) is 9.44. The number of benzene rings is 2. The molecule has 0 spiro atoms. The Morgan fingerprint density at radius 1 is 0.571 bits per heavy atom. The molecule has 0 fully saturated rings. The number of hydrogen-bond acceptors (Lipinski definition) is 1. The molecular weight excluding hydrogens is 515 g/mol. The van der Waals surface area contributed by atoms with Gasteiger partial charge in [-0.1, -0.05) is 55.5 Å². The van der Waals surface area contributed by atoms with Gasteiger partial charge in [0.05, 0.1) is 12.0 Å². The Hall–Kier alpha value is -2.51. The van der Waals surface area contributed by atoms with E-state index in [1.807, 2.05) is 0 Å². The van der Waals surface area contributed by atoms with Gasteiger partial charge in [0.2, 0.25) is 0 Å². The molecule has 14 heteroatoms. The van der Waals surface area contributed by atoms with Gasteiger partial charge in [0.15, 0.2) is 0 Å². The molecule has 0 amide bonds. The number of aliphatic hydroxyl groups excluding tert-OH is 1. The van der Waals surface area contributed by atoms with Gasteiger partial charge >= 0.3 is 35.8 Å². The first kappa shape index (κ1) is 28.7. The van der Waals surface area contributed by atoms with E-state index < -0.39 is 53.4 Å². The summed E-state index contributed by atoms with van der Waals surface area (Å²) in [6.45, 7) is 0.0177. The molecule has 0 saturated carbocycles. The van der Waals surface area contributed by atoms with Gasteiger partial charge in [-0.2, -0.15) is 57.1 Å². The largest absolute Gasteiger partial charge is 0.460 e. The third-order valence-electron chi connectivity index (χ3n) is 5.34. The molecule has 0 saturated heterocycles. The highest BCUT2D eigenvalue weighted by atomic mass is 19.4. The molecule has 0 aliphatic carbocycles. The SMILES string of the molecule is CC(C(O)c1cccc(-c2ccccc2)c1)C(F)(F)C(F)(F)C(F)(F)C(F)(F)C(F)(F)C(F)(F)F. The van der Waals surface area contributed by atoms with Crippen LogP contribution in [0.5, 0.6) is 0 Å². The average Bonchev–Trinajstić information content (AvgIpc) is 2.77. The molecule has 0 heterocycles. The van der Waals surface area contributed by atoms with Crippen molar-refractivity contribution in [3.05, 3.63) is 60.2 Å². The second-order valence-electron chi connectivity index (χ2n) is 7.64. The summed E-state index contributed by atoms with van der Waals surface area (Å²) >= 11 is 0. The van der Waals surface area contributed by atoms with Crippen LogP contribution in [0.2, 0.25) is 0 Å². The van der Waals surface area contributed by atoms with Crippen molar-refractivity contribution in [1.82, 2.24) is 0 Å². The van der Waals surface area contributed by atoms with Crippen molar-refractivity contribution in [1.29, 1.82) is 0 Å². The van der Waals surface area contributed by atoms with Crippen LogP contribution < -0.4 is 0 Å². The van der Waals surface area contributed by atoms with E-state index in [0.717, 1.165) is 18.2 Å². The Labute approximate surface area is 189 Å². The molecule has 196 valence electrons. The maximum absolute atomic E-state index is 14.4. The van der Waals surface area contributed by atoms with Crippen LogP contribution in [0.3, 0.4) is 0 Å². The molecule has 2 atom stereocenters. The smallest absolute Gasteiger partial charge is 0.388 e. The van der Waals surface area contributed by atoms with Gasteiger partial charge in [-0.3, -0.25) is 0 Å². The van der Waals surface area contributed by atoms with Gasteiger partial charge in [-0.25, -0.2) is 0 Å². The van der Waals surface area contributed by atoms with Gasteiger partial charge in [0.1, 0.15) is 0 Å². The lowest BCUT2D eigenvalue weighted by molar-refractivity contribution is -0.444. The predicted octanol–water partition coefficient (Wildman–Crippen LogP) is 7.76. The summed E-state index contributed by atoms with van der Waals surface area (Å²) in [5.41, 5.74) is 0.0861. The van der Waals surface area contributed by atoms with Gasteiger partial charge in [-0.15, -0.1) is 0 Å². The minimum atomic E-state index is -7.98. The summed E-state index contributed by atoms with van der Waals surface area (Å²) in [6, 6.07) is 12.1. The van der Waals surface area contributed by atoms with Crippen molar-refractivity contribution >= 4 is 0 Å². The average molecular weight is 530 g/mol. The zero-order valence-electron chi connectivity index (χ0n) is 17.2. The Morgan fingerprint density at radius 2 is 1.03 bits per heavy atom. The normalized spacial score (nSPS) is 16.2. The quantitative estimate of drug-likeness (QED) is 0.346. The molecule has 35 heavy (non-hydrogen) atoms. The predicted molar refractivity (Wildman–Crippen MR) is 96.8 cm³/mol. The van der Waals surface area contributed by atoms with E-state index in [0.29, 0.717) is 5.56 Å².